The average molecular weight is 269 g/mol. The molecule has 2 aromatic rings. The first-order chi connectivity index (χ1) is 9.58. The maximum Gasteiger partial charge on any atom is 0.130 e. The number of rotatable bonds is 5. The van der Waals surface area contributed by atoms with Crippen molar-refractivity contribution < 1.29 is 0 Å². The van der Waals surface area contributed by atoms with Crippen LogP contribution in [0.2, 0.25) is 0 Å². The minimum atomic E-state index is 0.0802. The summed E-state index contributed by atoms with van der Waals surface area (Å²) < 4.78 is 0. The molecule has 0 saturated heterocycles. The molecule has 20 heavy (non-hydrogen) atoms. The lowest BCUT2D eigenvalue weighted by molar-refractivity contribution is 0.700. The van der Waals surface area contributed by atoms with Crippen LogP contribution < -0.4 is 5.73 Å². The minimum absolute atomic E-state index is 0.0802. The molecule has 0 aliphatic heterocycles. The highest BCUT2D eigenvalue weighted by Gasteiger charge is 2.06. The van der Waals surface area contributed by atoms with E-state index in [1.54, 1.807) is 0 Å². The van der Waals surface area contributed by atoms with E-state index in [9.17, 15) is 0 Å². The summed E-state index contributed by atoms with van der Waals surface area (Å²) in [6.07, 6.45) is 3.01. The molecule has 0 bridgehead atoms. The Kier molecular flexibility index (Phi) is 4.85. The van der Waals surface area contributed by atoms with Gasteiger partial charge in [-0.05, 0) is 31.9 Å². The Morgan fingerprint density at radius 2 is 1.85 bits per heavy atom. The maximum absolute atomic E-state index is 5.84. The molecule has 106 valence electrons. The van der Waals surface area contributed by atoms with Gasteiger partial charge >= 0.3 is 0 Å². The fourth-order valence-electron chi connectivity index (χ4n) is 2.29. The van der Waals surface area contributed by atoms with Gasteiger partial charge in [-0.2, -0.15) is 0 Å². The summed E-state index contributed by atoms with van der Waals surface area (Å²) in [4.78, 5) is 9.08. The van der Waals surface area contributed by atoms with Crippen LogP contribution in [0.15, 0.2) is 30.3 Å². The fourth-order valence-corrected chi connectivity index (χ4v) is 2.29. The second kappa shape index (κ2) is 6.62. The Morgan fingerprint density at radius 1 is 1.15 bits per heavy atom. The normalized spacial score (nSPS) is 12.4. The third-order valence-corrected chi connectivity index (χ3v) is 3.19. The van der Waals surface area contributed by atoms with Gasteiger partial charge in [0.15, 0.2) is 0 Å². The monoisotopic (exact) mass is 269 g/mol. The Labute approximate surface area is 121 Å². The van der Waals surface area contributed by atoms with Crippen LogP contribution in [0.1, 0.15) is 37.4 Å². The first kappa shape index (κ1) is 14.7. The van der Waals surface area contributed by atoms with E-state index in [1.807, 2.05) is 19.9 Å². The van der Waals surface area contributed by atoms with Crippen LogP contribution in [0, 0.1) is 6.92 Å². The number of aromatic nitrogens is 2. The van der Waals surface area contributed by atoms with Gasteiger partial charge in [-0.3, -0.25) is 0 Å². The van der Waals surface area contributed by atoms with Crippen LogP contribution in [0.25, 0.3) is 11.3 Å². The lowest BCUT2D eigenvalue weighted by Gasteiger charge is -2.08. The molecule has 0 aliphatic carbocycles. The van der Waals surface area contributed by atoms with Crippen molar-refractivity contribution in [2.75, 3.05) is 0 Å². The SMILES string of the molecule is CCCc1ccc(-c2cc(C)nc(CC(C)N)n2)cc1. The van der Waals surface area contributed by atoms with Crippen LogP contribution >= 0.6 is 0 Å². The molecule has 0 saturated carbocycles. The molecule has 1 unspecified atom stereocenters. The predicted octanol–water partition coefficient (Wildman–Crippen LogP) is 3.29. The first-order valence-electron chi connectivity index (χ1n) is 7.28. The molecule has 0 aliphatic rings. The van der Waals surface area contributed by atoms with Crippen molar-refractivity contribution in [2.24, 2.45) is 5.73 Å². The van der Waals surface area contributed by atoms with Crippen LogP contribution in [0.3, 0.4) is 0 Å². The fraction of sp³-hybridized carbons (Fsp3) is 0.412. The molecular formula is C17H23N3. The van der Waals surface area contributed by atoms with Crippen LogP contribution in [0.4, 0.5) is 0 Å². The third kappa shape index (κ3) is 3.87. The Balaban J connectivity index is 2.29. The summed E-state index contributed by atoms with van der Waals surface area (Å²) >= 11 is 0. The van der Waals surface area contributed by atoms with E-state index in [0.29, 0.717) is 6.42 Å². The summed E-state index contributed by atoms with van der Waals surface area (Å²) in [5.41, 5.74) is 10.3. The molecule has 0 fully saturated rings. The van der Waals surface area contributed by atoms with Crippen LogP contribution in [0.5, 0.6) is 0 Å². The van der Waals surface area contributed by atoms with Gasteiger partial charge in [-0.25, -0.2) is 9.97 Å². The third-order valence-electron chi connectivity index (χ3n) is 3.19. The zero-order valence-corrected chi connectivity index (χ0v) is 12.6. The average Bonchev–Trinajstić information content (AvgIpc) is 2.38. The molecule has 0 radical (unpaired) electrons. The van der Waals surface area contributed by atoms with Gasteiger partial charge in [0.1, 0.15) is 5.82 Å². The second-order valence-corrected chi connectivity index (χ2v) is 5.44. The van der Waals surface area contributed by atoms with Crippen LogP contribution in [-0.4, -0.2) is 16.0 Å². The molecule has 0 spiro atoms. The highest BCUT2D eigenvalue weighted by Crippen LogP contribution is 2.19. The summed E-state index contributed by atoms with van der Waals surface area (Å²) in [6, 6.07) is 10.8. The Bertz CT molecular complexity index is 559. The summed E-state index contributed by atoms with van der Waals surface area (Å²) in [5.74, 6) is 0.827. The van der Waals surface area contributed by atoms with Crippen molar-refractivity contribution in [3.8, 4) is 11.3 Å². The van der Waals surface area contributed by atoms with Gasteiger partial charge in [-0.15, -0.1) is 0 Å². The van der Waals surface area contributed by atoms with Crippen molar-refractivity contribution in [2.45, 2.75) is 46.1 Å². The van der Waals surface area contributed by atoms with E-state index in [2.05, 4.69) is 41.2 Å². The molecule has 2 rings (SSSR count). The quantitative estimate of drug-likeness (QED) is 0.906. The van der Waals surface area contributed by atoms with Gasteiger partial charge in [0, 0.05) is 23.7 Å². The smallest absolute Gasteiger partial charge is 0.130 e. The zero-order chi connectivity index (χ0) is 14.5. The topological polar surface area (TPSA) is 51.8 Å². The molecule has 0 amide bonds. The van der Waals surface area contributed by atoms with Gasteiger partial charge in [0.25, 0.3) is 0 Å². The minimum Gasteiger partial charge on any atom is -0.328 e. The van der Waals surface area contributed by atoms with Crippen molar-refractivity contribution in [3.63, 3.8) is 0 Å². The van der Waals surface area contributed by atoms with E-state index in [1.165, 1.54) is 12.0 Å². The molecule has 1 aromatic heterocycles. The second-order valence-electron chi connectivity index (χ2n) is 5.44. The highest BCUT2D eigenvalue weighted by atomic mass is 14.9. The highest BCUT2D eigenvalue weighted by molar-refractivity contribution is 5.59. The molecule has 1 aromatic carbocycles. The molecule has 1 atom stereocenters. The van der Waals surface area contributed by atoms with Crippen molar-refractivity contribution >= 4 is 0 Å². The Hall–Kier alpha value is -1.74. The number of aryl methyl sites for hydroxylation is 2. The Morgan fingerprint density at radius 3 is 2.45 bits per heavy atom. The van der Waals surface area contributed by atoms with Crippen LogP contribution in [-0.2, 0) is 12.8 Å². The van der Waals surface area contributed by atoms with E-state index in [4.69, 9.17) is 5.73 Å². The van der Waals surface area contributed by atoms with E-state index >= 15 is 0 Å². The summed E-state index contributed by atoms with van der Waals surface area (Å²) in [6.45, 7) is 6.17. The van der Waals surface area contributed by atoms with Crippen molar-refractivity contribution in [1.29, 1.82) is 0 Å². The standard InChI is InChI=1S/C17H23N3/c1-4-5-14-6-8-15(9-7-14)16-11-13(3)19-17(20-16)10-12(2)18/h6-9,11-12H,4-5,10,18H2,1-3H3. The molecule has 2 N–H and O–H groups in total. The molecule has 1 heterocycles. The number of nitrogens with zero attached hydrogens (tertiary/aromatic N) is 2. The number of nitrogens with two attached hydrogens (primary N) is 1. The van der Waals surface area contributed by atoms with Crippen molar-refractivity contribution in [3.05, 3.63) is 47.4 Å². The first-order valence-corrected chi connectivity index (χ1v) is 7.28. The maximum atomic E-state index is 5.84. The van der Waals surface area contributed by atoms with E-state index < -0.39 is 0 Å². The predicted molar refractivity (Wildman–Crippen MR) is 83.6 cm³/mol. The number of hydrogen-bond acceptors (Lipinski definition) is 3. The lowest BCUT2D eigenvalue weighted by Crippen LogP contribution is -2.19. The number of benzene rings is 1. The van der Waals surface area contributed by atoms with E-state index in [-0.39, 0.29) is 6.04 Å². The number of hydrogen-bond donors (Lipinski definition) is 1. The van der Waals surface area contributed by atoms with Gasteiger partial charge in [0.2, 0.25) is 0 Å². The van der Waals surface area contributed by atoms with Gasteiger partial charge < -0.3 is 5.73 Å². The largest absolute Gasteiger partial charge is 0.328 e. The van der Waals surface area contributed by atoms with Gasteiger partial charge in [0.05, 0.1) is 5.69 Å². The summed E-state index contributed by atoms with van der Waals surface area (Å²) in [5, 5.41) is 0. The van der Waals surface area contributed by atoms with Crippen molar-refractivity contribution in [1.82, 2.24) is 9.97 Å². The lowest BCUT2D eigenvalue weighted by atomic mass is 10.1. The van der Waals surface area contributed by atoms with E-state index in [0.717, 1.165) is 29.2 Å². The molecule has 3 heteroatoms. The molecule has 3 nitrogen and oxygen atoms in total. The van der Waals surface area contributed by atoms with Gasteiger partial charge in [-0.1, -0.05) is 37.6 Å². The summed E-state index contributed by atoms with van der Waals surface area (Å²) in [7, 11) is 0. The zero-order valence-electron chi connectivity index (χ0n) is 12.6. The molecular weight excluding hydrogens is 246 g/mol.